The quantitative estimate of drug-likeness (QED) is 0.307. The summed E-state index contributed by atoms with van der Waals surface area (Å²) in [6, 6.07) is 7.78. The van der Waals surface area contributed by atoms with Gasteiger partial charge >= 0.3 is 0 Å². The van der Waals surface area contributed by atoms with Crippen LogP contribution in [0.4, 0.5) is 17.3 Å². The van der Waals surface area contributed by atoms with E-state index >= 15 is 0 Å². The van der Waals surface area contributed by atoms with E-state index in [0.717, 1.165) is 49.6 Å². The minimum Gasteiger partial charge on any atom is -0.494 e. The Kier molecular flexibility index (Phi) is 11.6. The van der Waals surface area contributed by atoms with Gasteiger partial charge in [-0.05, 0) is 51.7 Å². The highest BCUT2D eigenvalue weighted by Crippen LogP contribution is 2.26. The summed E-state index contributed by atoms with van der Waals surface area (Å²) in [6.07, 6.45) is 3.37. The molecule has 1 amide bonds. The number of amides is 1. The van der Waals surface area contributed by atoms with Crippen molar-refractivity contribution in [3.8, 4) is 5.75 Å². The van der Waals surface area contributed by atoms with E-state index in [1.54, 1.807) is 0 Å². The number of primary amides is 1. The van der Waals surface area contributed by atoms with Gasteiger partial charge in [-0.25, -0.2) is 9.97 Å². The number of aromatic nitrogens is 2. The maximum atomic E-state index is 12.0. The number of carbonyl (C=O) groups is 1. The molecule has 0 saturated carbocycles. The lowest BCUT2D eigenvalue weighted by molar-refractivity contribution is 0.0903. The number of hydrogen-bond donors (Lipinski definition) is 5. The van der Waals surface area contributed by atoms with Crippen molar-refractivity contribution in [3.05, 3.63) is 35.7 Å². The van der Waals surface area contributed by atoms with Crippen LogP contribution in [-0.2, 0) is 11.2 Å². The number of nitrogens with two attached hydrogens (primary N) is 2. The van der Waals surface area contributed by atoms with Crippen LogP contribution < -0.4 is 26.8 Å². The number of nitrogens with zero attached hydrogens (tertiary/aromatic N) is 2. The van der Waals surface area contributed by atoms with Crippen LogP contribution in [0.3, 0.4) is 0 Å². The maximum Gasteiger partial charge on any atom is 0.271 e. The fraction of sp³-hybridized carbons (Fsp3) is 0.560. The molecule has 0 unspecified atom stereocenters. The fourth-order valence-electron chi connectivity index (χ4n) is 3.15. The van der Waals surface area contributed by atoms with Crippen LogP contribution >= 0.6 is 12.6 Å². The second-order valence-corrected chi connectivity index (χ2v) is 10.2. The van der Waals surface area contributed by atoms with Crippen molar-refractivity contribution in [2.75, 3.05) is 37.0 Å². The number of carbonyl (C=O) groups excluding carboxylic acids is 1. The van der Waals surface area contributed by atoms with E-state index < -0.39 is 5.91 Å². The van der Waals surface area contributed by atoms with Gasteiger partial charge in [-0.15, -0.1) is 0 Å². The van der Waals surface area contributed by atoms with Crippen molar-refractivity contribution in [2.24, 2.45) is 11.5 Å². The van der Waals surface area contributed by atoms with Gasteiger partial charge in [0.05, 0.1) is 12.3 Å². The van der Waals surface area contributed by atoms with Gasteiger partial charge in [0.25, 0.3) is 5.91 Å². The molecule has 1 aliphatic heterocycles. The van der Waals surface area contributed by atoms with Crippen molar-refractivity contribution < 1.29 is 14.3 Å². The van der Waals surface area contributed by atoms with E-state index in [9.17, 15) is 4.79 Å². The summed E-state index contributed by atoms with van der Waals surface area (Å²) < 4.78 is 11.1. The normalized spacial score (nSPS) is 14.0. The van der Waals surface area contributed by atoms with E-state index in [0.29, 0.717) is 31.2 Å². The first kappa shape index (κ1) is 28.7. The summed E-state index contributed by atoms with van der Waals surface area (Å²) in [7, 11) is 0. The van der Waals surface area contributed by atoms with E-state index in [1.807, 2.05) is 45.0 Å². The second kappa shape index (κ2) is 14.1. The third-order valence-electron chi connectivity index (χ3n) is 5.17. The van der Waals surface area contributed by atoms with Gasteiger partial charge in [0.1, 0.15) is 5.75 Å². The highest BCUT2D eigenvalue weighted by molar-refractivity contribution is 7.81. The Bertz CT molecular complexity index is 945. The Morgan fingerprint density at radius 1 is 1.23 bits per heavy atom. The van der Waals surface area contributed by atoms with Crippen LogP contribution in [-0.4, -0.2) is 53.0 Å². The molecule has 0 spiro atoms. The average molecular weight is 505 g/mol. The Morgan fingerprint density at radius 2 is 1.91 bits per heavy atom. The predicted molar refractivity (Wildman–Crippen MR) is 145 cm³/mol. The molecule has 6 N–H and O–H groups in total. The molecule has 0 atom stereocenters. The number of thiol groups is 1. The van der Waals surface area contributed by atoms with Crippen LogP contribution in [0.25, 0.3) is 0 Å². The summed E-state index contributed by atoms with van der Waals surface area (Å²) in [4.78, 5) is 21.2. The Morgan fingerprint density at radius 3 is 2.49 bits per heavy atom. The molecular formula is C25H40N6O3S. The molecule has 0 radical (unpaired) electrons. The molecule has 1 saturated heterocycles. The first-order chi connectivity index (χ1) is 16.7. The van der Waals surface area contributed by atoms with Crippen LogP contribution in [0.1, 0.15) is 63.1 Å². The highest BCUT2D eigenvalue weighted by Gasteiger charge is 2.20. The molecule has 35 heavy (non-hydrogen) atoms. The van der Waals surface area contributed by atoms with E-state index in [-0.39, 0.29) is 16.5 Å². The minimum absolute atomic E-state index is 0.0139. The number of ether oxygens (including phenoxy) is 2. The number of benzene rings is 1. The lowest BCUT2D eigenvalue weighted by atomic mass is 10.1. The lowest BCUT2D eigenvalue weighted by Crippen LogP contribution is -2.29. The molecule has 194 valence electrons. The molecule has 2 aromatic rings. The van der Waals surface area contributed by atoms with E-state index in [4.69, 9.17) is 20.9 Å². The first-order valence-electron chi connectivity index (χ1n) is 12.1. The zero-order valence-electron chi connectivity index (χ0n) is 21.3. The van der Waals surface area contributed by atoms with Gasteiger partial charge in [-0.1, -0.05) is 19.9 Å². The molecule has 2 heterocycles. The summed E-state index contributed by atoms with van der Waals surface area (Å²) in [6.45, 7) is 10.7. The number of nitrogens with one attached hydrogen (secondary N) is 2. The standard InChI is InChI=1S/C21H29N5O3.C4H11NS/c1-3-10-29-16-7-5-6-15(13-16)24-21-18(19(22)27)25-17(4-2)20(26-21)23-14-8-11-28-12-9-14;1-4(2,6)3-5/h5-7,13-14H,3-4,8-12H2,1-2H3,(H2,22,27)(H2,23,24,26);6H,3,5H2,1-2H3. The number of rotatable bonds is 10. The monoisotopic (exact) mass is 504 g/mol. The smallest absolute Gasteiger partial charge is 0.271 e. The number of hydrogen-bond acceptors (Lipinski definition) is 9. The van der Waals surface area contributed by atoms with E-state index in [2.05, 4.69) is 40.2 Å². The van der Waals surface area contributed by atoms with Gasteiger partial charge in [-0.3, -0.25) is 4.79 Å². The zero-order chi connectivity index (χ0) is 25.8. The molecule has 1 aromatic carbocycles. The summed E-state index contributed by atoms with van der Waals surface area (Å²) in [5, 5.41) is 6.64. The molecule has 0 aliphatic carbocycles. The van der Waals surface area contributed by atoms with Crippen molar-refractivity contribution in [3.63, 3.8) is 0 Å². The Labute approximate surface area is 214 Å². The van der Waals surface area contributed by atoms with Crippen molar-refractivity contribution in [1.82, 2.24) is 9.97 Å². The van der Waals surface area contributed by atoms with Gasteiger partial charge in [0, 0.05) is 42.3 Å². The minimum atomic E-state index is -0.620. The zero-order valence-corrected chi connectivity index (χ0v) is 22.2. The van der Waals surface area contributed by atoms with Gasteiger partial charge in [0.15, 0.2) is 17.3 Å². The van der Waals surface area contributed by atoms with Crippen molar-refractivity contribution in [1.29, 1.82) is 0 Å². The summed E-state index contributed by atoms with van der Waals surface area (Å²) in [5.74, 6) is 1.13. The van der Waals surface area contributed by atoms with Crippen LogP contribution in [0.15, 0.2) is 24.3 Å². The van der Waals surface area contributed by atoms with Crippen LogP contribution in [0, 0.1) is 0 Å². The van der Waals surface area contributed by atoms with Crippen molar-refractivity contribution >= 4 is 35.9 Å². The summed E-state index contributed by atoms with van der Waals surface area (Å²) in [5.41, 5.74) is 12.4. The topological polar surface area (TPSA) is 137 Å². The highest BCUT2D eigenvalue weighted by atomic mass is 32.1. The average Bonchev–Trinajstić information content (AvgIpc) is 2.83. The molecule has 9 nitrogen and oxygen atoms in total. The van der Waals surface area contributed by atoms with Crippen molar-refractivity contribution in [2.45, 2.75) is 64.2 Å². The molecule has 1 aliphatic rings. The second-order valence-electron chi connectivity index (χ2n) is 8.98. The fourth-order valence-corrected chi connectivity index (χ4v) is 3.15. The van der Waals surface area contributed by atoms with Gasteiger partial charge < -0.3 is 31.6 Å². The predicted octanol–water partition coefficient (Wildman–Crippen LogP) is 3.91. The van der Waals surface area contributed by atoms with Crippen LogP contribution in [0.2, 0.25) is 0 Å². The molecule has 0 bridgehead atoms. The molecule has 3 rings (SSSR count). The molecule has 1 aromatic heterocycles. The number of aryl methyl sites for hydroxylation is 1. The largest absolute Gasteiger partial charge is 0.494 e. The van der Waals surface area contributed by atoms with Gasteiger partial charge in [0.2, 0.25) is 0 Å². The molecular weight excluding hydrogens is 464 g/mol. The van der Waals surface area contributed by atoms with E-state index in [1.165, 1.54) is 0 Å². The Hall–Kier alpha value is -2.56. The number of anilines is 3. The SMILES string of the molecule is CC(C)(S)CN.CCCOc1cccc(Nc2nc(NC3CCOCC3)c(CC)nc2C(N)=O)c1. The lowest BCUT2D eigenvalue weighted by Gasteiger charge is -2.25. The Balaban J connectivity index is 0.000000641. The third-order valence-corrected chi connectivity index (χ3v) is 5.35. The summed E-state index contributed by atoms with van der Waals surface area (Å²) >= 11 is 4.13. The van der Waals surface area contributed by atoms with Crippen LogP contribution in [0.5, 0.6) is 5.75 Å². The van der Waals surface area contributed by atoms with Gasteiger partial charge in [-0.2, -0.15) is 12.6 Å². The molecule has 10 heteroatoms. The third kappa shape index (κ3) is 9.91. The first-order valence-corrected chi connectivity index (χ1v) is 12.6. The maximum absolute atomic E-state index is 12.0. The molecule has 1 fully saturated rings.